The Morgan fingerprint density at radius 3 is 1.68 bits per heavy atom. The lowest BCUT2D eigenvalue weighted by molar-refractivity contribution is 0.0742. The molecule has 2 rings (SSSR count). The van der Waals surface area contributed by atoms with Crippen molar-refractivity contribution in [3.63, 3.8) is 0 Å². The predicted octanol–water partition coefficient (Wildman–Crippen LogP) is 3.51. The van der Waals surface area contributed by atoms with Crippen LogP contribution in [0.3, 0.4) is 0 Å². The molecule has 4 nitrogen and oxygen atoms in total. The predicted molar refractivity (Wildman–Crippen MR) is 86.3 cm³/mol. The fourth-order valence-corrected chi connectivity index (χ4v) is 3.11. The summed E-state index contributed by atoms with van der Waals surface area (Å²) in [6.07, 6.45) is 2.14. The molecule has 0 heterocycles. The van der Waals surface area contributed by atoms with Crippen molar-refractivity contribution >= 4 is 7.82 Å². The van der Waals surface area contributed by atoms with Crippen LogP contribution in [0.25, 0.3) is 0 Å². The molecule has 0 atom stereocenters. The van der Waals surface area contributed by atoms with E-state index in [2.05, 4.69) is 6.58 Å². The summed E-state index contributed by atoms with van der Waals surface area (Å²) in [4.78, 5) is 18.6. The van der Waals surface area contributed by atoms with E-state index in [9.17, 15) is 14.4 Å². The highest BCUT2D eigenvalue weighted by molar-refractivity contribution is 7.46. The van der Waals surface area contributed by atoms with Gasteiger partial charge in [-0.15, -0.1) is 6.58 Å². The van der Waals surface area contributed by atoms with Crippen molar-refractivity contribution in [1.82, 2.24) is 0 Å². The Kier molecular flexibility index (Phi) is 5.33. The van der Waals surface area contributed by atoms with E-state index in [0.717, 1.165) is 11.1 Å². The van der Waals surface area contributed by atoms with E-state index < -0.39 is 13.4 Å². The first-order valence-electron chi connectivity index (χ1n) is 6.90. The van der Waals surface area contributed by atoms with E-state index in [1.165, 1.54) is 6.08 Å². The minimum absolute atomic E-state index is 0.331. The van der Waals surface area contributed by atoms with Gasteiger partial charge in [0.25, 0.3) is 0 Å². The van der Waals surface area contributed by atoms with Gasteiger partial charge in [-0.2, -0.15) is 0 Å². The van der Waals surface area contributed by atoms with E-state index >= 15 is 0 Å². The Hall–Kier alpha value is -1.71. The molecule has 0 saturated heterocycles. The van der Waals surface area contributed by atoms with Gasteiger partial charge in [-0.3, -0.25) is 4.52 Å². The van der Waals surface area contributed by atoms with Gasteiger partial charge < -0.3 is 9.79 Å². The van der Waals surface area contributed by atoms with E-state index in [4.69, 9.17) is 4.52 Å². The Morgan fingerprint density at radius 1 is 0.955 bits per heavy atom. The fraction of sp³-hybridized carbons (Fsp3) is 0.176. The highest BCUT2D eigenvalue weighted by Crippen LogP contribution is 2.44. The molecule has 0 aliphatic rings. The maximum atomic E-state index is 11.4. The summed E-state index contributed by atoms with van der Waals surface area (Å²) in [6.45, 7) is 3.74. The van der Waals surface area contributed by atoms with Crippen LogP contribution >= 0.6 is 7.82 Å². The summed E-state index contributed by atoms with van der Waals surface area (Å²) in [5, 5.41) is 0. The summed E-state index contributed by atoms with van der Waals surface area (Å²) in [6, 6.07) is 18.9. The molecule has 2 N–H and O–H groups in total. The van der Waals surface area contributed by atoms with E-state index in [1.807, 2.05) is 60.7 Å². The number of phosphoric ester groups is 1. The minimum atomic E-state index is -4.65. The molecule has 0 saturated carbocycles. The number of rotatable bonds is 7. The van der Waals surface area contributed by atoms with Crippen LogP contribution in [-0.2, 0) is 21.9 Å². The van der Waals surface area contributed by atoms with Crippen molar-refractivity contribution in [2.24, 2.45) is 0 Å². The van der Waals surface area contributed by atoms with Gasteiger partial charge in [0.15, 0.2) is 0 Å². The topological polar surface area (TPSA) is 66.8 Å². The largest absolute Gasteiger partial charge is 0.470 e. The van der Waals surface area contributed by atoms with Gasteiger partial charge in [-0.05, 0) is 11.1 Å². The van der Waals surface area contributed by atoms with Crippen LogP contribution in [0, 0.1) is 0 Å². The minimum Gasteiger partial charge on any atom is -0.303 e. The third kappa shape index (κ3) is 4.93. The second kappa shape index (κ2) is 7.03. The summed E-state index contributed by atoms with van der Waals surface area (Å²) >= 11 is 0. The molecule has 2 aromatic rings. The molecule has 0 unspecified atom stereocenters. The lowest BCUT2D eigenvalue weighted by atomic mass is 9.88. The molecule has 0 aromatic heterocycles. The fourth-order valence-electron chi connectivity index (χ4n) is 2.43. The highest BCUT2D eigenvalue weighted by atomic mass is 31.2. The van der Waals surface area contributed by atoms with Crippen molar-refractivity contribution in [1.29, 1.82) is 0 Å². The smallest absolute Gasteiger partial charge is 0.303 e. The summed E-state index contributed by atoms with van der Waals surface area (Å²) < 4.78 is 16.5. The van der Waals surface area contributed by atoms with Crippen molar-refractivity contribution < 1.29 is 18.9 Å². The van der Waals surface area contributed by atoms with Crippen LogP contribution < -0.4 is 0 Å². The van der Waals surface area contributed by atoms with Crippen molar-refractivity contribution in [3.05, 3.63) is 84.4 Å². The second-order valence-electron chi connectivity index (χ2n) is 5.18. The van der Waals surface area contributed by atoms with Gasteiger partial charge in [0.1, 0.15) is 5.60 Å². The van der Waals surface area contributed by atoms with Gasteiger partial charge in [-0.1, -0.05) is 66.7 Å². The Morgan fingerprint density at radius 2 is 1.36 bits per heavy atom. The Labute approximate surface area is 130 Å². The highest BCUT2D eigenvalue weighted by Gasteiger charge is 2.35. The molecule has 0 bridgehead atoms. The average Bonchev–Trinajstić information content (AvgIpc) is 2.47. The molecule has 0 spiro atoms. The summed E-state index contributed by atoms with van der Waals surface area (Å²) in [5.41, 5.74) is 0.681. The monoisotopic (exact) mass is 318 g/mol. The number of benzene rings is 2. The molecular weight excluding hydrogens is 299 g/mol. The lowest BCUT2D eigenvalue weighted by Crippen LogP contribution is -2.34. The summed E-state index contributed by atoms with van der Waals surface area (Å²) in [5.74, 6) is 0. The van der Waals surface area contributed by atoms with Crippen LogP contribution in [-0.4, -0.2) is 15.4 Å². The first-order chi connectivity index (χ1) is 10.4. The first-order valence-corrected chi connectivity index (χ1v) is 8.43. The molecule has 0 fully saturated rings. The van der Waals surface area contributed by atoms with Crippen LogP contribution in [0.2, 0.25) is 0 Å². The normalized spacial score (nSPS) is 12.1. The zero-order chi connectivity index (χ0) is 16.1. The molecule has 5 heteroatoms. The van der Waals surface area contributed by atoms with Crippen LogP contribution in [0.15, 0.2) is 73.3 Å². The van der Waals surface area contributed by atoms with E-state index in [0.29, 0.717) is 12.8 Å². The summed E-state index contributed by atoms with van der Waals surface area (Å²) in [7, 11) is -4.65. The van der Waals surface area contributed by atoms with Gasteiger partial charge in [0.05, 0.1) is 0 Å². The Balaban J connectivity index is 2.33. The van der Waals surface area contributed by atoms with Crippen LogP contribution in [0.1, 0.15) is 11.1 Å². The SMILES string of the molecule is C=CC(Cc1ccccc1)(Cc1ccccc1)OP(=O)(O)O. The number of phosphoric acid groups is 1. The van der Waals surface area contributed by atoms with Crippen molar-refractivity contribution in [2.45, 2.75) is 18.4 Å². The standard InChI is InChI=1S/C17H19O4P/c1-2-17(21-22(18,19)20,13-15-9-5-3-6-10-15)14-16-11-7-4-8-12-16/h2-12H,1,13-14H2,(H2,18,19,20). The molecule has 2 aromatic carbocycles. The van der Waals surface area contributed by atoms with Gasteiger partial charge in [0, 0.05) is 12.8 Å². The van der Waals surface area contributed by atoms with E-state index in [-0.39, 0.29) is 0 Å². The molecular formula is C17H19O4P. The number of hydrogen-bond donors (Lipinski definition) is 2. The first kappa shape index (κ1) is 16.7. The number of hydrogen-bond acceptors (Lipinski definition) is 2. The third-order valence-electron chi connectivity index (χ3n) is 3.37. The zero-order valence-electron chi connectivity index (χ0n) is 12.1. The maximum absolute atomic E-state index is 11.4. The zero-order valence-corrected chi connectivity index (χ0v) is 13.0. The van der Waals surface area contributed by atoms with E-state index in [1.54, 1.807) is 0 Å². The second-order valence-corrected chi connectivity index (χ2v) is 6.34. The van der Waals surface area contributed by atoms with Crippen molar-refractivity contribution in [2.75, 3.05) is 0 Å². The Bertz CT molecular complexity index is 607. The molecule has 0 amide bonds. The van der Waals surface area contributed by atoms with Crippen LogP contribution in [0.4, 0.5) is 0 Å². The van der Waals surface area contributed by atoms with Gasteiger partial charge in [0.2, 0.25) is 0 Å². The molecule has 116 valence electrons. The van der Waals surface area contributed by atoms with Gasteiger partial charge >= 0.3 is 7.82 Å². The third-order valence-corrected chi connectivity index (χ3v) is 3.97. The quantitative estimate of drug-likeness (QED) is 0.605. The molecule has 22 heavy (non-hydrogen) atoms. The van der Waals surface area contributed by atoms with Crippen molar-refractivity contribution in [3.8, 4) is 0 Å². The van der Waals surface area contributed by atoms with Crippen LogP contribution in [0.5, 0.6) is 0 Å². The molecule has 0 aliphatic heterocycles. The lowest BCUT2D eigenvalue weighted by Gasteiger charge is -2.31. The maximum Gasteiger partial charge on any atom is 0.470 e. The molecule has 0 radical (unpaired) electrons. The van der Waals surface area contributed by atoms with Gasteiger partial charge in [-0.25, -0.2) is 4.57 Å². The average molecular weight is 318 g/mol. The molecule has 0 aliphatic carbocycles.